The van der Waals surface area contributed by atoms with Gasteiger partial charge in [-0.15, -0.1) is 0 Å². The maximum absolute atomic E-state index is 12.6. The summed E-state index contributed by atoms with van der Waals surface area (Å²) in [6.45, 7) is 1.98. The molecule has 0 atom stereocenters. The normalized spacial score (nSPS) is 15.2. The number of urea groups is 1. The van der Waals surface area contributed by atoms with E-state index in [9.17, 15) is 22.8 Å². The third-order valence-corrected chi connectivity index (χ3v) is 4.62. The van der Waals surface area contributed by atoms with Crippen LogP contribution < -0.4 is 5.32 Å². The van der Waals surface area contributed by atoms with Crippen molar-refractivity contribution in [1.29, 1.82) is 0 Å². The summed E-state index contributed by atoms with van der Waals surface area (Å²) >= 11 is 0. The van der Waals surface area contributed by atoms with Crippen LogP contribution in [0.2, 0.25) is 0 Å². The number of carbonyl (C=O) groups is 2. The number of nitrogens with zero attached hydrogens (tertiary/aromatic N) is 2. The summed E-state index contributed by atoms with van der Waals surface area (Å²) < 4.78 is 37.7. The highest BCUT2D eigenvalue weighted by atomic mass is 19.4. The van der Waals surface area contributed by atoms with Gasteiger partial charge in [0, 0.05) is 39.6 Å². The van der Waals surface area contributed by atoms with Crippen molar-refractivity contribution in [2.45, 2.75) is 44.8 Å². The number of hydrogen-bond acceptors (Lipinski definition) is 2. The second kappa shape index (κ2) is 9.62. The molecule has 1 fully saturated rings. The summed E-state index contributed by atoms with van der Waals surface area (Å²) in [5, 5.41) is 2.68. The Kier molecular flexibility index (Phi) is 7.50. The summed E-state index contributed by atoms with van der Waals surface area (Å²) in [5.41, 5.74) is -0.119. The van der Waals surface area contributed by atoms with Gasteiger partial charge < -0.3 is 15.1 Å². The third-order valence-electron chi connectivity index (χ3n) is 4.62. The fraction of sp³-hybridized carbons (Fsp3) is 0.579. The highest BCUT2D eigenvalue weighted by Crippen LogP contribution is 2.29. The minimum Gasteiger partial charge on any atom is -0.343 e. The monoisotopic (exact) mass is 385 g/mol. The number of alkyl halides is 3. The number of amides is 3. The van der Waals surface area contributed by atoms with Gasteiger partial charge in [-0.3, -0.25) is 4.79 Å². The number of rotatable bonds is 5. The molecular weight excluding hydrogens is 359 g/mol. The topological polar surface area (TPSA) is 52.7 Å². The first-order chi connectivity index (χ1) is 12.8. The van der Waals surface area contributed by atoms with Crippen LogP contribution >= 0.6 is 0 Å². The molecule has 1 saturated heterocycles. The molecule has 0 saturated carbocycles. The molecule has 0 bridgehead atoms. The molecular formula is C19H26F3N3O2. The first-order valence-electron chi connectivity index (χ1n) is 9.20. The smallest absolute Gasteiger partial charge is 0.343 e. The van der Waals surface area contributed by atoms with Crippen LogP contribution in [-0.4, -0.2) is 48.4 Å². The molecule has 150 valence electrons. The van der Waals surface area contributed by atoms with Crippen LogP contribution in [0, 0.1) is 0 Å². The molecule has 3 amide bonds. The van der Waals surface area contributed by atoms with E-state index in [2.05, 4.69) is 5.32 Å². The molecule has 27 heavy (non-hydrogen) atoms. The van der Waals surface area contributed by atoms with Gasteiger partial charge in [-0.2, -0.15) is 13.2 Å². The van der Waals surface area contributed by atoms with E-state index in [1.165, 1.54) is 17.0 Å². The van der Waals surface area contributed by atoms with Gasteiger partial charge in [0.1, 0.15) is 0 Å². The first-order valence-corrected chi connectivity index (χ1v) is 9.20. The van der Waals surface area contributed by atoms with Gasteiger partial charge in [0.25, 0.3) is 0 Å². The molecule has 0 aliphatic carbocycles. The zero-order valence-corrected chi connectivity index (χ0v) is 15.5. The van der Waals surface area contributed by atoms with Crippen LogP contribution in [0.4, 0.5) is 18.0 Å². The Hall–Kier alpha value is -2.25. The van der Waals surface area contributed by atoms with Gasteiger partial charge >= 0.3 is 12.2 Å². The van der Waals surface area contributed by atoms with Crippen LogP contribution in [0.3, 0.4) is 0 Å². The van der Waals surface area contributed by atoms with Crippen molar-refractivity contribution < 1.29 is 22.8 Å². The average Bonchev–Trinajstić information content (AvgIpc) is 2.90. The summed E-state index contributed by atoms with van der Waals surface area (Å²) in [6.07, 6.45) is 0.216. The number of benzene rings is 1. The van der Waals surface area contributed by atoms with E-state index in [1.54, 1.807) is 7.05 Å². The molecule has 0 aromatic heterocycles. The molecule has 0 spiro atoms. The Bertz CT molecular complexity index is 624. The minimum absolute atomic E-state index is 0.0441. The van der Waals surface area contributed by atoms with Crippen LogP contribution in [-0.2, 0) is 17.5 Å². The quantitative estimate of drug-likeness (QED) is 0.841. The zero-order valence-electron chi connectivity index (χ0n) is 15.5. The Morgan fingerprint density at radius 1 is 1.07 bits per heavy atom. The van der Waals surface area contributed by atoms with E-state index in [0.717, 1.165) is 50.9 Å². The standard InChI is InChI=1S/C19H26F3N3O2/c1-24(14-15-6-8-16(9-7-15)19(20,21)22)18(27)23-11-10-17(26)25-12-4-2-3-5-13-25/h6-9H,2-5,10-14H2,1H3,(H,23,27). The number of nitrogens with one attached hydrogen (secondary N) is 1. The first kappa shape index (κ1) is 21.1. The molecule has 1 aliphatic rings. The molecule has 5 nitrogen and oxygen atoms in total. The summed E-state index contributed by atoms with van der Waals surface area (Å²) in [5.74, 6) is 0.0441. The number of carbonyl (C=O) groups excluding carboxylic acids is 2. The predicted molar refractivity (Wildman–Crippen MR) is 96.0 cm³/mol. The lowest BCUT2D eigenvalue weighted by molar-refractivity contribution is -0.137. The second-order valence-corrected chi connectivity index (χ2v) is 6.83. The minimum atomic E-state index is -4.37. The van der Waals surface area contributed by atoms with E-state index in [4.69, 9.17) is 0 Å². The molecule has 2 rings (SSSR count). The Morgan fingerprint density at radius 3 is 2.22 bits per heavy atom. The van der Waals surface area contributed by atoms with E-state index >= 15 is 0 Å². The molecule has 1 aromatic rings. The molecule has 8 heteroatoms. The second-order valence-electron chi connectivity index (χ2n) is 6.83. The Balaban J connectivity index is 1.74. The number of hydrogen-bond donors (Lipinski definition) is 1. The SMILES string of the molecule is CN(Cc1ccc(C(F)(F)F)cc1)C(=O)NCCC(=O)N1CCCCCC1. The van der Waals surface area contributed by atoms with Crippen LogP contribution in [0.5, 0.6) is 0 Å². The largest absolute Gasteiger partial charge is 0.416 e. The van der Waals surface area contributed by atoms with Gasteiger partial charge in [0.15, 0.2) is 0 Å². The maximum atomic E-state index is 12.6. The van der Waals surface area contributed by atoms with Crippen LogP contribution in [0.15, 0.2) is 24.3 Å². The highest BCUT2D eigenvalue weighted by Gasteiger charge is 2.30. The number of likely N-dealkylation sites (tertiary alicyclic amines) is 1. The van der Waals surface area contributed by atoms with Crippen molar-refractivity contribution in [1.82, 2.24) is 15.1 Å². The van der Waals surface area contributed by atoms with Crippen molar-refractivity contribution in [3.8, 4) is 0 Å². The molecule has 1 N–H and O–H groups in total. The van der Waals surface area contributed by atoms with E-state index in [0.29, 0.717) is 5.56 Å². The Labute approximate surface area is 157 Å². The van der Waals surface area contributed by atoms with Gasteiger partial charge in [-0.05, 0) is 30.5 Å². The lowest BCUT2D eigenvalue weighted by atomic mass is 10.1. The lowest BCUT2D eigenvalue weighted by Crippen LogP contribution is -2.39. The molecule has 0 unspecified atom stereocenters. The van der Waals surface area contributed by atoms with Gasteiger partial charge in [0.05, 0.1) is 5.56 Å². The molecule has 1 aliphatic heterocycles. The van der Waals surface area contributed by atoms with E-state index in [-0.39, 0.29) is 31.4 Å². The fourth-order valence-electron chi connectivity index (χ4n) is 3.03. The molecule has 0 radical (unpaired) electrons. The van der Waals surface area contributed by atoms with Gasteiger partial charge in [-0.1, -0.05) is 25.0 Å². The summed E-state index contributed by atoms with van der Waals surface area (Å²) in [6, 6.07) is 4.35. The molecule has 1 heterocycles. The van der Waals surface area contributed by atoms with Crippen LogP contribution in [0.1, 0.15) is 43.2 Å². The average molecular weight is 385 g/mol. The van der Waals surface area contributed by atoms with E-state index < -0.39 is 11.7 Å². The fourth-order valence-corrected chi connectivity index (χ4v) is 3.03. The van der Waals surface area contributed by atoms with Crippen LogP contribution in [0.25, 0.3) is 0 Å². The Morgan fingerprint density at radius 2 is 1.67 bits per heavy atom. The van der Waals surface area contributed by atoms with Gasteiger partial charge in [-0.25, -0.2) is 4.79 Å². The van der Waals surface area contributed by atoms with Crippen molar-refractivity contribution in [3.05, 3.63) is 35.4 Å². The summed E-state index contributed by atoms with van der Waals surface area (Å²) in [4.78, 5) is 27.5. The van der Waals surface area contributed by atoms with Crippen molar-refractivity contribution in [2.75, 3.05) is 26.7 Å². The van der Waals surface area contributed by atoms with Crippen molar-refractivity contribution in [2.24, 2.45) is 0 Å². The van der Waals surface area contributed by atoms with Crippen molar-refractivity contribution in [3.63, 3.8) is 0 Å². The third kappa shape index (κ3) is 6.77. The predicted octanol–water partition coefficient (Wildman–Crippen LogP) is 3.64. The van der Waals surface area contributed by atoms with Gasteiger partial charge in [0.2, 0.25) is 5.91 Å². The highest BCUT2D eigenvalue weighted by molar-refractivity contribution is 5.78. The molecule has 1 aromatic carbocycles. The summed E-state index contributed by atoms with van der Waals surface area (Å²) in [7, 11) is 1.56. The number of halogens is 3. The maximum Gasteiger partial charge on any atom is 0.416 e. The lowest BCUT2D eigenvalue weighted by Gasteiger charge is -2.21. The zero-order chi connectivity index (χ0) is 19.9. The van der Waals surface area contributed by atoms with Crippen molar-refractivity contribution >= 4 is 11.9 Å². The van der Waals surface area contributed by atoms with E-state index in [1.807, 2.05) is 4.90 Å².